The average Bonchev–Trinajstić information content (AvgIpc) is 3.76. The second-order valence-corrected chi connectivity index (χ2v) is 11.0. The predicted octanol–water partition coefficient (Wildman–Crippen LogP) is 3.99. The molecule has 0 saturated heterocycles. The molecular formula is C29H30N6O4S. The van der Waals surface area contributed by atoms with Crippen LogP contribution in [0.25, 0.3) is 5.95 Å². The third-order valence-corrected chi connectivity index (χ3v) is 8.34. The van der Waals surface area contributed by atoms with Gasteiger partial charge in [0.05, 0.1) is 42.2 Å². The lowest BCUT2D eigenvalue weighted by molar-refractivity contribution is -0.133. The molecule has 3 aromatic heterocycles. The van der Waals surface area contributed by atoms with E-state index in [-0.39, 0.29) is 24.1 Å². The van der Waals surface area contributed by atoms with Crippen molar-refractivity contribution in [2.24, 2.45) is 5.10 Å². The number of carbonyl (C=O) groups is 1. The Morgan fingerprint density at radius 3 is 2.62 bits per heavy atom. The number of benzene rings is 1. The first-order valence-electron chi connectivity index (χ1n) is 13.2. The molecule has 1 amide bonds. The van der Waals surface area contributed by atoms with Crippen LogP contribution in [0.5, 0.6) is 11.5 Å². The molecule has 0 fully saturated rings. The summed E-state index contributed by atoms with van der Waals surface area (Å²) in [6.07, 6.45) is 2.80. The molecule has 1 unspecified atom stereocenters. The fraction of sp³-hybridized carbons (Fsp3) is 0.345. The van der Waals surface area contributed by atoms with Gasteiger partial charge < -0.3 is 9.47 Å². The molecule has 1 atom stereocenters. The lowest BCUT2D eigenvalue weighted by Crippen LogP contribution is -2.37. The zero-order valence-electron chi connectivity index (χ0n) is 22.9. The van der Waals surface area contributed by atoms with Gasteiger partial charge in [-0.15, -0.1) is 11.3 Å². The number of ether oxygens (including phenoxy) is 2. The van der Waals surface area contributed by atoms with Gasteiger partial charge in [0.25, 0.3) is 11.5 Å². The van der Waals surface area contributed by atoms with Gasteiger partial charge >= 0.3 is 0 Å². The highest BCUT2D eigenvalue weighted by Crippen LogP contribution is 2.38. The van der Waals surface area contributed by atoms with E-state index in [9.17, 15) is 9.59 Å². The summed E-state index contributed by atoms with van der Waals surface area (Å²) in [5.74, 6) is 1.22. The number of fused-ring (bicyclic) bond motifs is 1. The molecule has 10 nitrogen and oxygen atoms in total. The lowest BCUT2D eigenvalue weighted by atomic mass is 10.0. The Kier molecular flexibility index (Phi) is 6.75. The number of hydrogen-bond acceptors (Lipinski definition) is 8. The Balaban J connectivity index is 1.42. The van der Waals surface area contributed by atoms with E-state index in [2.05, 4.69) is 5.10 Å². The number of hydrazone groups is 1. The number of hydrogen-bond donors (Lipinski definition) is 0. The Morgan fingerprint density at radius 1 is 1.10 bits per heavy atom. The Labute approximate surface area is 235 Å². The van der Waals surface area contributed by atoms with E-state index in [0.717, 1.165) is 46.1 Å². The van der Waals surface area contributed by atoms with Crippen LogP contribution in [0.1, 0.15) is 52.0 Å². The van der Waals surface area contributed by atoms with Gasteiger partial charge in [-0.1, -0.05) is 12.1 Å². The van der Waals surface area contributed by atoms with Crippen molar-refractivity contribution in [3.05, 3.63) is 85.2 Å². The molecule has 206 valence electrons. The normalized spacial score (nSPS) is 16.2. The maximum absolute atomic E-state index is 14.1. The number of methoxy groups -OCH3 is 2. The zero-order valence-corrected chi connectivity index (χ0v) is 23.7. The van der Waals surface area contributed by atoms with E-state index >= 15 is 0 Å². The van der Waals surface area contributed by atoms with E-state index in [4.69, 9.17) is 19.6 Å². The molecule has 0 radical (unpaired) electrons. The highest BCUT2D eigenvalue weighted by molar-refractivity contribution is 7.12. The Morgan fingerprint density at radius 2 is 1.93 bits per heavy atom. The molecule has 4 heterocycles. The maximum atomic E-state index is 14.1. The highest BCUT2D eigenvalue weighted by Gasteiger charge is 2.35. The molecule has 0 N–H and O–H groups in total. The van der Waals surface area contributed by atoms with E-state index < -0.39 is 0 Å². The summed E-state index contributed by atoms with van der Waals surface area (Å²) in [5, 5.41) is 12.9. The van der Waals surface area contributed by atoms with Gasteiger partial charge in [0.2, 0.25) is 5.95 Å². The number of amides is 1. The maximum Gasteiger partial charge on any atom is 0.263 e. The minimum absolute atomic E-state index is 0.192. The fourth-order valence-corrected chi connectivity index (χ4v) is 6.23. The second kappa shape index (κ2) is 10.4. The standard InChI is InChI=1S/C29H30N6O4S/c1-17-13-18(2)34(31-17)29-30-21-8-5-7-20(21)28(37)33(29)16-27(36)35-23(15-22(32-35)26-9-6-12-40-26)19-10-11-24(38-3)25(14-19)39-4/h6,9-14,23H,5,7-8,15-16H2,1-4H3. The quantitative estimate of drug-likeness (QED) is 0.340. The largest absolute Gasteiger partial charge is 0.493 e. The van der Waals surface area contributed by atoms with Gasteiger partial charge in [-0.05, 0) is 68.3 Å². The van der Waals surface area contributed by atoms with Crippen molar-refractivity contribution in [1.29, 1.82) is 0 Å². The SMILES string of the molecule is COc1ccc(C2CC(c3cccs3)=NN2C(=O)Cn2c(-n3nc(C)cc3C)nc3c(c2=O)CCC3)cc1OC. The van der Waals surface area contributed by atoms with Crippen LogP contribution in [0.3, 0.4) is 0 Å². The first-order valence-corrected chi connectivity index (χ1v) is 14.1. The second-order valence-electron chi connectivity index (χ2n) is 10.0. The number of aryl methyl sites for hydroxylation is 3. The summed E-state index contributed by atoms with van der Waals surface area (Å²) in [6.45, 7) is 3.59. The monoisotopic (exact) mass is 558 g/mol. The first-order chi connectivity index (χ1) is 19.4. The number of nitrogens with zero attached hydrogens (tertiary/aromatic N) is 6. The molecule has 1 aromatic carbocycles. The number of carbonyl (C=O) groups excluding carboxylic acids is 1. The third-order valence-electron chi connectivity index (χ3n) is 7.42. The van der Waals surface area contributed by atoms with Gasteiger partial charge in [-0.25, -0.2) is 14.7 Å². The smallest absolute Gasteiger partial charge is 0.263 e. The highest BCUT2D eigenvalue weighted by atomic mass is 32.1. The summed E-state index contributed by atoms with van der Waals surface area (Å²) in [5.41, 5.74) is 4.61. The predicted molar refractivity (Wildman–Crippen MR) is 152 cm³/mol. The van der Waals surface area contributed by atoms with Gasteiger partial charge in [-0.2, -0.15) is 10.2 Å². The Hall–Kier alpha value is -4.25. The number of aromatic nitrogens is 4. The third kappa shape index (κ3) is 4.49. The number of rotatable bonds is 7. The van der Waals surface area contributed by atoms with Crippen molar-refractivity contribution in [2.75, 3.05) is 14.2 Å². The molecule has 6 rings (SSSR count). The molecule has 1 aliphatic heterocycles. The molecule has 0 spiro atoms. The molecule has 4 aromatic rings. The fourth-order valence-electron chi connectivity index (χ4n) is 5.51. The summed E-state index contributed by atoms with van der Waals surface area (Å²) in [7, 11) is 3.17. The molecule has 0 bridgehead atoms. The van der Waals surface area contributed by atoms with Crippen molar-refractivity contribution in [2.45, 2.75) is 52.1 Å². The number of thiophene rings is 1. The summed E-state index contributed by atoms with van der Waals surface area (Å²) >= 11 is 1.58. The van der Waals surface area contributed by atoms with E-state index in [1.54, 1.807) is 30.2 Å². The van der Waals surface area contributed by atoms with E-state index in [1.165, 1.54) is 9.58 Å². The van der Waals surface area contributed by atoms with E-state index in [0.29, 0.717) is 35.9 Å². The molecule has 0 saturated carbocycles. The van der Waals surface area contributed by atoms with Crippen LogP contribution in [0.2, 0.25) is 0 Å². The van der Waals surface area contributed by atoms with Crippen molar-refractivity contribution in [3.63, 3.8) is 0 Å². The molecule has 11 heteroatoms. The lowest BCUT2D eigenvalue weighted by Gasteiger charge is -2.24. The molecule has 1 aliphatic carbocycles. The van der Waals surface area contributed by atoms with Crippen LogP contribution in [0.4, 0.5) is 0 Å². The summed E-state index contributed by atoms with van der Waals surface area (Å²) in [6, 6.07) is 11.1. The van der Waals surface area contributed by atoms with E-state index in [1.807, 2.05) is 55.6 Å². The topological polar surface area (TPSA) is 104 Å². The van der Waals surface area contributed by atoms with Crippen LogP contribution >= 0.6 is 11.3 Å². The van der Waals surface area contributed by atoms with Crippen LogP contribution in [-0.2, 0) is 24.2 Å². The van der Waals surface area contributed by atoms with Crippen LogP contribution in [-0.4, -0.2) is 50.2 Å². The first kappa shape index (κ1) is 26.0. The van der Waals surface area contributed by atoms with Crippen molar-refractivity contribution >= 4 is 23.0 Å². The van der Waals surface area contributed by atoms with Crippen molar-refractivity contribution < 1.29 is 14.3 Å². The van der Waals surface area contributed by atoms with Crippen LogP contribution < -0.4 is 15.0 Å². The van der Waals surface area contributed by atoms with Crippen molar-refractivity contribution in [1.82, 2.24) is 24.3 Å². The van der Waals surface area contributed by atoms with Crippen LogP contribution in [0.15, 0.2) is 51.7 Å². The Bertz CT molecular complexity index is 1690. The van der Waals surface area contributed by atoms with Gasteiger partial charge in [0, 0.05) is 17.7 Å². The average molecular weight is 559 g/mol. The summed E-state index contributed by atoms with van der Waals surface area (Å²) < 4.78 is 14.1. The van der Waals surface area contributed by atoms with Gasteiger partial charge in [0.1, 0.15) is 6.54 Å². The minimum Gasteiger partial charge on any atom is -0.493 e. The molecule has 2 aliphatic rings. The minimum atomic E-state index is -0.375. The van der Waals surface area contributed by atoms with Crippen LogP contribution in [0, 0.1) is 13.8 Å². The molecular weight excluding hydrogens is 528 g/mol. The van der Waals surface area contributed by atoms with Gasteiger partial charge in [0.15, 0.2) is 11.5 Å². The molecule has 40 heavy (non-hydrogen) atoms. The van der Waals surface area contributed by atoms with Gasteiger partial charge in [-0.3, -0.25) is 14.2 Å². The zero-order chi connectivity index (χ0) is 28.0. The van der Waals surface area contributed by atoms with Crippen molar-refractivity contribution in [3.8, 4) is 17.4 Å². The summed E-state index contributed by atoms with van der Waals surface area (Å²) in [4.78, 5) is 33.6.